The van der Waals surface area contributed by atoms with E-state index in [1.54, 1.807) is 24.3 Å². The van der Waals surface area contributed by atoms with Crippen molar-refractivity contribution in [1.82, 2.24) is 5.32 Å². The fraction of sp³-hybridized carbons (Fsp3) is 0.333. The molecule has 0 aromatic heterocycles. The van der Waals surface area contributed by atoms with Gasteiger partial charge >= 0.3 is 5.97 Å². The van der Waals surface area contributed by atoms with Crippen molar-refractivity contribution in [1.29, 1.82) is 0 Å². The van der Waals surface area contributed by atoms with Gasteiger partial charge in [-0.15, -0.1) is 0 Å². The summed E-state index contributed by atoms with van der Waals surface area (Å²) in [5, 5.41) is -0.371. The normalized spacial score (nSPS) is 15.5. The maximum Gasteiger partial charge on any atom is 0.354 e. The molecule has 0 bridgehead atoms. The van der Waals surface area contributed by atoms with Crippen molar-refractivity contribution in [3.63, 3.8) is 0 Å². The van der Waals surface area contributed by atoms with E-state index < -0.39 is 22.6 Å². The molecular weight excluding hydrogens is 497 g/mol. The molecule has 0 aliphatic heterocycles. The van der Waals surface area contributed by atoms with Gasteiger partial charge in [-0.3, -0.25) is 4.99 Å². The Labute approximate surface area is 191 Å². The second kappa shape index (κ2) is 10.4. The summed E-state index contributed by atoms with van der Waals surface area (Å²) in [5.74, 6) is -3.77. The lowest BCUT2D eigenvalue weighted by molar-refractivity contribution is -0.147. The van der Waals surface area contributed by atoms with E-state index >= 15 is 4.39 Å². The zero-order chi connectivity index (χ0) is 23.2. The number of hydrogen-bond donors (Lipinski definition) is 1. The molecule has 2 aromatic rings. The Kier molecular flexibility index (Phi) is 8.41. The molecule has 0 saturated carbocycles. The van der Waals surface area contributed by atoms with Crippen LogP contribution in [0.5, 0.6) is 5.75 Å². The van der Waals surface area contributed by atoms with Crippen LogP contribution in [0, 0.1) is 5.82 Å². The van der Waals surface area contributed by atoms with E-state index in [0.717, 1.165) is 32.6 Å². The number of esters is 1. The first-order chi connectivity index (χ1) is 14.5. The molecule has 2 aromatic carbocycles. The van der Waals surface area contributed by atoms with Crippen LogP contribution in [-0.2, 0) is 21.9 Å². The number of nitrogens with zero attached hydrogens (tertiary/aromatic N) is 1. The van der Waals surface area contributed by atoms with Crippen LogP contribution >= 0.6 is 27.7 Å². The number of ether oxygens (including phenoxy) is 2. The lowest BCUT2D eigenvalue weighted by Crippen LogP contribution is -2.42. The largest absolute Gasteiger partial charge is 0.497 e. The second-order valence-electron chi connectivity index (χ2n) is 6.73. The lowest BCUT2D eigenvalue weighted by Gasteiger charge is -2.27. The van der Waals surface area contributed by atoms with Crippen LogP contribution in [0.2, 0.25) is 0 Å². The number of benzene rings is 2. The van der Waals surface area contributed by atoms with E-state index in [1.165, 1.54) is 19.2 Å². The minimum atomic E-state index is -2.55. The van der Waals surface area contributed by atoms with E-state index in [-0.39, 0.29) is 17.3 Å². The first-order valence-corrected chi connectivity index (χ1v) is 10.7. The van der Waals surface area contributed by atoms with Crippen LogP contribution in [-0.4, -0.2) is 30.4 Å². The number of amidine groups is 1. The predicted molar refractivity (Wildman–Crippen MR) is 119 cm³/mol. The van der Waals surface area contributed by atoms with Crippen molar-refractivity contribution in [3.8, 4) is 5.75 Å². The van der Waals surface area contributed by atoms with Crippen LogP contribution in [0.25, 0.3) is 0 Å². The first-order valence-electron chi connectivity index (χ1n) is 9.05. The van der Waals surface area contributed by atoms with Crippen molar-refractivity contribution < 1.29 is 27.4 Å². The lowest BCUT2D eigenvalue weighted by atomic mass is 10.1. The molecule has 5 nitrogen and oxygen atoms in total. The third kappa shape index (κ3) is 6.90. The average Bonchev–Trinajstić information content (AvgIpc) is 2.72. The van der Waals surface area contributed by atoms with Crippen molar-refractivity contribution in [2.45, 2.75) is 31.2 Å². The molecule has 0 fully saturated rings. The molecule has 0 spiro atoms. The maximum absolute atomic E-state index is 15.5. The molecule has 10 heteroatoms. The Bertz CT molecular complexity index is 953. The molecule has 0 aliphatic carbocycles. The Balaban J connectivity index is 2.35. The van der Waals surface area contributed by atoms with Crippen molar-refractivity contribution in [2.24, 2.45) is 4.99 Å². The molecule has 1 N–H and O–H groups in total. The Morgan fingerprint density at radius 1 is 1.16 bits per heavy atom. The fourth-order valence-electron chi connectivity index (χ4n) is 2.52. The van der Waals surface area contributed by atoms with Crippen LogP contribution in [0.15, 0.2) is 51.9 Å². The van der Waals surface area contributed by atoms with Gasteiger partial charge in [0.1, 0.15) is 11.6 Å². The number of hydrogen-bond acceptors (Lipinski definition) is 5. The number of carbonyl (C=O) groups excluding carboxylic acids is 1. The summed E-state index contributed by atoms with van der Waals surface area (Å²) in [6.07, 6.45) is 0. The summed E-state index contributed by atoms with van der Waals surface area (Å²) in [6, 6.07) is 10.7. The Morgan fingerprint density at radius 3 is 2.39 bits per heavy atom. The number of nitrogens with one attached hydrogen (secondary N) is 1. The summed E-state index contributed by atoms with van der Waals surface area (Å²) in [6.45, 7) is 2.10. The molecule has 0 unspecified atom stereocenters. The van der Waals surface area contributed by atoms with E-state index in [2.05, 4.69) is 31.0 Å². The number of thioether (sulfide) groups is 1. The standard InChI is InChI=1S/C21H22BrF3N2O3S/c1-20(24,16-11-14(22)7-10-17(16)23)27-19(31-21(2,25)18(28)30-4)26-12-13-5-8-15(29-3)9-6-13/h5-11H,12H2,1-4H3,(H,26,27)/t20-,21+/m1/s1. The number of rotatable bonds is 7. The molecule has 31 heavy (non-hydrogen) atoms. The van der Waals surface area contributed by atoms with Crippen LogP contribution < -0.4 is 10.1 Å². The first kappa shape index (κ1) is 25.1. The summed E-state index contributed by atoms with van der Waals surface area (Å²) >= 11 is 3.51. The van der Waals surface area contributed by atoms with Gasteiger partial charge in [-0.1, -0.05) is 28.1 Å². The van der Waals surface area contributed by atoms with E-state index in [4.69, 9.17) is 4.74 Å². The molecule has 0 saturated heterocycles. The highest BCUT2D eigenvalue weighted by Gasteiger charge is 2.39. The second-order valence-corrected chi connectivity index (χ2v) is 9.01. The van der Waals surface area contributed by atoms with Gasteiger partial charge in [-0.2, -0.15) is 0 Å². The Morgan fingerprint density at radius 2 is 1.81 bits per heavy atom. The van der Waals surface area contributed by atoms with Crippen molar-refractivity contribution in [2.75, 3.05) is 14.2 Å². The topological polar surface area (TPSA) is 59.9 Å². The smallest absolute Gasteiger partial charge is 0.354 e. The zero-order valence-corrected chi connectivity index (χ0v) is 19.7. The van der Waals surface area contributed by atoms with E-state index in [0.29, 0.717) is 22.0 Å². The number of aliphatic imine (C=N–C) groups is 1. The molecule has 0 radical (unpaired) electrons. The van der Waals surface area contributed by atoms with Gasteiger partial charge in [0.2, 0.25) is 5.79 Å². The number of halogens is 4. The minimum Gasteiger partial charge on any atom is -0.497 e. The van der Waals surface area contributed by atoms with Crippen LogP contribution in [0.1, 0.15) is 25.0 Å². The van der Waals surface area contributed by atoms with Gasteiger partial charge in [0.25, 0.3) is 5.00 Å². The summed E-state index contributed by atoms with van der Waals surface area (Å²) in [7, 11) is 2.57. The van der Waals surface area contributed by atoms with Crippen LogP contribution in [0.3, 0.4) is 0 Å². The number of carbonyl (C=O) groups is 1. The summed E-state index contributed by atoms with van der Waals surface area (Å²) < 4.78 is 54.6. The Hall–Kier alpha value is -2.20. The van der Waals surface area contributed by atoms with Gasteiger partial charge in [-0.05, 0) is 61.5 Å². The van der Waals surface area contributed by atoms with Gasteiger partial charge in [0, 0.05) is 10.0 Å². The van der Waals surface area contributed by atoms with Crippen molar-refractivity contribution >= 4 is 38.8 Å². The fourth-order valence-corrected chi connectivity index (χ4v) is 3.78. The number of methoxy groups -OCH3 is 2. The summed E-state index contributed by atoms with van der Waals surface area (Å²) in [4.78, 5) is 16.0. The average molecular weight is 519 g/mol. The molecule has 0 aliphatic rings. The van der Waals surface area contributed by atoms with Crippen LogP contribution in [0.4, 0.5) is 13.2 Å². The third-order valence-corrected chi connectivity index (χ3v) is 5.65. The molecule has 168 valence electrons. The highest BCUT2D eigenvalue weighted by Crippen LogP contribution is 2.33. The molecule has 2 atom stereocenters. The van der Waals surface area contributed by atoms with Crippen molar-refractivity contribution in [3.05, 3.63) is 63.9 Å². The quantitative estimate of drug-likeness (QED) is 0.227. The highest BCUT2D eigenvalue weighted by atomic mass is 79.9. The van der Waals surface area contributed by atoms with Gasteiger partial charge in [0.15, 0.2) is 5.17 Å². The molecule has 0 amide bonds. The SMILES string of the molecule is COC(=O)[C@@](C)(F)SC(=NCc1ccc(OC)cc1)N[C@@](C)(F)c1cc(Br)ccc1F. The zero-order valence-electron chi connectivity index (χ0n) is 17.3. The molecular formula is C21H22BrF3N2O3S. The summed E-state index contributed by atoms with van der Waals surface area (Å²) in [5.41, 5.74) is 0.423. The van der Waals surface area contributed by atoms with E-state index in [9.17, 15) is 13.6 Å². The third-order valence-electron chi connectivity index (χ3n) is 4.18. The molecule has 2 rings (SSSR count). The van der Waals surface area contributed by atoms with Gasteiger partial charge in [0.05, 0.1) is 20.8 Å². The van der Waals surface area contributed by atoms with E-state index in [1.807, 2.05) is 0 Å². The maximum atomic E-state index is 15.5. The van der Waals surface area contributed by atoms with Gasteiger partial charge in [-0.25, -0.2) is 18.0 Å². The van der Waals surface area contributed by atoms with Gasteiger partial charge < -0.3 is 14.8 Å². The predicted octanol–water partition coefficient (Wildman–Crippen LogP) is 5.48. The highest BCUT2D eigenvalue weighted by molar-refractivity contribution is 9.10. The monoisotopic (exact) mass is 518 g/mol. The number of alkyl halides is 2. The minimum absolute atomic E-state index is 0.0492. The molecule has 0 heterocycles.